The molecule has 0 aliphatic heterocycles. The molecule has 0 unspecified atom stereocenters. The van der Waals surface area contributed by atoms with Gasteiger partial charge in [-0.1, -0.05) is 11.6 Å². The molecule has 1 N–H and O–H groups in total. The van der Waals surface area contributed by atoms with Crippen LogP contribution in [0.3, 0.4) is 0 Å². The van der Waals surface area contributed by atoms with E-state index in [0.717, 1.165) is 25.0 Å². The lowest BCUT2D eigenvalue weighted by atomic mass is 10.0. The fourth-order valence-electron chi connectivity index (χ4n) is 2.18. The molecule has 1 aliphatic rings. The van der Waals surface area contributed by atoms with Crippen molar-refractivity contribution in [3.8, 4) is 6.07 Å². The van der Waals surface area contributed by atoms with Crippen LogP contribution >= 0.6 is 11.6 Å². The van der Waals surface area contributed by atoms with E-state index >= 15 is 0 Å². The van der Waals surface area contributed by atoms with Gasteiger partial charge in [0.2, 0.25) is 10.0 Å². The first kappa shape index (κ1) is 16.7. The number of nitriles is 1. The van der Waals surface area contributed by atoms with Crippen molar-refractivity contribution in [3.05, 3.63) is 32.8 Å². The smallest absolute Gasteiger partial charge is 0.258 e. The highest BCUT2D eigenvalue weighted by Crippen LogP contribution is 2.40. The topological polar surface area (TPSA) is 113 Å². The normalized spacial score (nSPS) is 17.5. The molecule has 7 nitrogen and oxygen atoms in total. The maximum Gasteiger partial charge on any atom is 0.275 e. The molecule has 118 valence electrons. The zero-order chi connectivity index (χ0) is 16.7. The third-order valence-corrected chi connectivity index (χ3v) is 5.71. The van der Waals surface area contributed by atoms with Gasteiger partial charge in [0.05, 0.1) is 20.9 Å². The van der Waals surface area contributed by atoms with Gasteiger partial charge in [-0.15, -0.1) is 0 Å². The van der Waals surface area contributed by atoms with Crippen molar-refractivity contribution >= 4 is 27.3 Å². The number of hydrogen-bond donors (Lipinski definition) is 1. The van der Waals surface area contributed by atoms with E-state index in [1.54, 1.807) is 0 Å². The van der Waals surface area contributed by atoms with Crippen LogP contribution in [0.5, 0.6) is 0 Å². The predicted molar refractivity (Wildman–Crippen MR) is 79.9 cm³/mol. The van der Waals surface area contributed by atoms with Gasteiger partial charge in [0.1, 0.15) is 5.54 Å². The Morgan fingerprint density at radius 3 is 2.55 bits per heavy atom. The van der Waals surface area contributed by atoms with Crippen LogP contribution in [0.2, 0.25) is 5.02 Å². The molecule has 0 radical (unpaired) electrons. The monoisotopic (exact) mass is 343 g/mol. The first-order valence-electron chi connectivity index (χ1n) is 6.50. The summed E-state index contributed by atoms with van der Waals surface area (Å²) in [5, 5.41) is 20.2. The summed E-state index contributed by atoms with van der Waals surface area (Å²) in [6, 6.07) is 4.07. The van der Waals surface area contributed by atoms with E-state index in [2.05, 4.69) is 4.72 Å². The summed E-state index contributed by atoms with van der Waals surface area (Å²) in [6.45, 7) is 2.94. The molecule has 0 heterocycles. The molecule has 9 heteroatoms. The number of rotatable bonds is 5. The van der Waals surface area contributed by atoms with E-state index in [4.69, 9.17) is 11.6 Å². The molecule has 0 spiro atoms. The van der Waals surface area contributed by atoms with Crippen molar-refractivity contribution in [3.63, 3.8) is 0 Å². The van der Waals surface area contributed by atoms with Crippen molar-refractivity contribution < 1.29 is 13.3 Å². The summed E-state index contributed by atoms with van der Waals surface area (Å²) in [5.74, 6) is -0.0526. The molecule has 1 fully saturated rings. The van der Waals surface area contributed by atoms with Crippen molar-refractivity contribution in [1.82, 2.24) is 4.72 Å². The largest absolute Gasteiger partial charge is 0.275 e. The summed E-state index contributed by atoms with van der Waals surface area (Å²) in [4.78, 5) is 9.98. The molecule has 1 saturated carbocycles. The lowest BCUT2D eigenvalue weighted by Crippen LogP contribution is -2.46. The second-order valence-corrected chi connectivity index (χ2v) is 7.59. The standard InChI is InChI=1S/C13H14ClN3O4S/c1-8-11(14)5-10(6-12(8)17(18)19)22(20,21)16-13(2,7-15)9-3-4-9/h5-6,9,16H,3-4H2,1-2H3/t13-/m1/s1. The second-order valence-electron chi connectivity index (χ2n) is 5.50. The number of nitrogens with zero attached hydrogens (tertiary/aromatic N) is 2. The maximum atomic E-state index is 12.4. The number of benzene rings is 1. The minimum absolute atomic E-state index is 0.0142. The zero-order valence-electron chi connectivity index (χ0n) is 12.0. The maximum absolute atomic E-state index is 12.4. The summed E-state index contributed by atoms with van der Waals surface area (Å²) >= 11 is 5.89. The Morgan fingerprint density at radius 1 is 1.50 bits per heavy atom. The number of nitrogens with one attached hydrogen (secondary N) is 1. The van der Waals surface area contributed by atoms with Crippen LogP contribution in [0.1, 0.15) is 25.3 Å². The molecule has 0 amide bonds. The SMILES string of the molecule is Cc1c(Cl)cc(S(=O)(=O)N[C@](C)(C#N)C2CC2)cc1[N+](=O)[O-]. The van der Waals surface area contributed by atoms with Gasteiger partial charge in [-0.25, -0.2) is 8.42 Å². The summed E-state index contributed by atoms with van der Waals surface area (Å²) in [6.07, 6.45) is 1.53. The van der Waals surface area contributed by atoms with Crippen molar-refractivity contribution in [1.29, 1.82) is 5.26 Å². The van der Waals surface area contributed by atoms with Gasteiger partial charge in [0.25, 0.3) is 5.69 Å². The lowest BCUT2D eigenvalue weighted by molar-refractivity contribution is -0.385. The Morgan fingerprint density at radius 2 is 2.09 bits per heavy atom. The predicted octanol–water partition coefficient (Wildman–Crippen LogP) is 2.53. The molecule has 0 saturated heterocycles. The van der Waals surface area contributed by atoms with Gasteiger partial charge in [-0.2, -0.15) is 9.98 Å². The summed E-state index contributed by atoms with van der Waals surface area (Å²) in [7, 11) is -4.09. The van der Waals surface area contributed by atoms with Crippen LogP contribution < -0.4 is 4.72 Å². The average molecular weight is 344 g/mol. The number of hydrogen-bond acceptors (Lipinski definition) is 5. The molecule has 1 atom stereocenters. The molecule has 22 heavy (non-hydrogen) atoms. The Hall–Kier alpha value is -1.69. The van der Waals surface area contributed by atoms with Crippen LogP contribution in [0.25, 0.3) is 0 Å². The van der Waals surface area contributed by atoms with Gasteiger partial charge < -0.3 is 0 Å². The molecule has 1 aromatic rings. The highest BCUT2D eigenvalue weighted by molar-refractivity contribution is 7.89. The molecule has 1 aliphatic carbocycles. The fourth-order valence-corrected chi connectivity index (χ4v) is 3.89. The highest BCUT2D eigenvalue weighted by Gasteiger charge is 2.45. The number of sulfonamides is 1. The van der Waals surface area contributed by atoms with E-state index in [0.29, 0.717) is 0 Å². The van der Waals surface area contributed by atoms with Crippen molar-refractivity contribution in [2.45, 2.75) is 37.1 Å². The third-order valence-electron chi connectivity index (χ3n) is 3.77. The van der Waals surface area contributed by atoms with Crippen LogP contribution in [0.15, 0.2) is 17.0 Å². The van der Waals surface area contributed by atoms with Gasteiger partial charge in [0.15, 0.2) is 0 Å². The number of nitro groups is 1. The Labute approximate surface area is 133 Å². The zero-order valence-corrected chi connectivity index (χ0v) is 13.5. The Bertz CT molecular complexity index is 783. The first-order chi connectivity index (χ1) is 10.1. The third kappa shape index (κ3) is 3.06. The molecule has 0 aromatic heterocycles. The van der Waals surface area contributed by atoms with Crippen LogP contribution in [0, 0.1) is 34.3 Å². The summed E-state index contributed by atoms with van der Waals surface area (Å²) in [5.41, 5.74) is -1.42. The lowest BCUT2D eigenvalue weighted by Gasteiger charge is -2.22. The number of halogens is 1. The fraction of sp³-hybridized carbons (Fsp3) is 0.462. The Kier molecular flexibility index (Phi) is 4.17. The minimum Gasteiger partial charge on any atom is -0.258 e. The molecule has 1 aromatic carbocycles. The van der Waals surface area contributed by atoms with E-state index in [1.165, 1.54) is 13.8 Å². The Balaban J connectivity index is 2.46. The summed E-state index contributed by atoms with van der Waals surface area (Å²) < 4.78 is 27.2. The van der Waals surface area contributed by atoms with Crippen molar-refractivity contribution in [2.24, 2.45) is 5.92 Å². The van der Waals surface area contributed by atoms with E-state index in [-0.39, 0.29) is 27.1 Å². The molecular weight excluding hydrogens is 330 g/mol. The van der Waals surface area contributed by atoms with Crippen molar-refractivity contribution in [2.75, 3.05) is 0 Å². The highest BCUT2D eigenvalue weighted by atomic mass is 35.5. The van der Waals surface area contributed by atoms with E-state index < -0.39 is 20.5 Å². The van der Waals surface area contributed by atoms with Crippen LogP contribution in [-0.2, 0) is 10.0 Å². The second kappa shape index (κ2) is 5.50. The van der Waals surface area contributed by atoms with Gasteiger partial charge in [-0.3, -0.25) is 10.1 Å². The molecular formula is C13H14ClN3O4S. The molecule has 0 bridgehead atoms. The minimum atomic E-state index is -4.09. The quantitative estimate of drug-likeness (QED) is 0.651. The number of nitro benzene ring substituents is 1. The van der Waals surface area contributed by atoms with E-state index in [1.807, 2.05) is 6.07 Å². The van der Waals surface area contributed by atoms with Gasteiger partial charge >= 0.3 is 0 Å². The van der Waals surface area contributed by atoms with Gasteiger partial charge in [-0.05, 0) is 38.7 Å². The van der Waals surface area contributed by atoms with Gasteiger partial charge in [0, 0.05) is 11.6 Å². The molecule has 2 rings (SSSR count). The average Bonchev–Trinajstić information content (AvgIpc) is 3.25. The van der Waals surface area contributed by atoms with Crippen LogP contribution in [0.4, 0.5) is 5.69 Å². The van der Waals surface area contributed by atoms with Crippen LogP contribution in [-0.4, -0.2) is 18.9 Å². The first-order valence-corrected chi connectivity index (χ1v) is 8.36. The van der Waals surface area contributed by atoms with E-state index in [9.17, 15) is 23.8 Å².